The van der Waals surface area contributed by atoms with Crippen LogP contribution < -0.4 is 5.73 Å². The van der Waals surface area contributed by atoms with Gasteiger partial charge in [-0.25, -0.2) is 4.98 Å². The van der Waals surface area contributed by atoms with E-state index in [-0.39, 0.29) is 18.4 Å². The Balaban J connectivity index is 0.00000169. The summed E-state index contributed by atoms with van der Waals surface area (Å²) in [5.41, 5.74) is 7.00. The molecule has 1 rings (SSSR count). The van der Waals surface area contributed by atoms with Gasteiger partial charge in [-0.2, -0.15) is 0 Å². The molecule has 0 bridgehead atoms. The van der Waals surface area contributed by atoms with Crippen LogP contribution in [0, 0.1) is 5.92 Å². The first kappa shape index (κ1) is 13.9. The Labute approximate surface area is 99.8 Å². The second-order valence-corrected chi connectivity index (χ2v) is 4.11. The number of halogens is 2. The molecule has 1 unspecified atom stereocenters. The van der Waals surface area contributed by atoms with Crippen LogP contribution in [0.3, 0.4) is 0 Å². The van der Waals surface area contributed by atoms with Crippen LogP contribution >= 0.6 is 28.3 Å². The van der Waals surface area contributed by atoms with Crippen molar-refractivity contribution >= 4 is 28.3 Å². The number of hydrogen-bond acceptors (Lipinski definition) is 2. The topological polar surface area (TPSA) is 38.9 Å². The zero-order chi connectivity index (χ0) is 9.84. The van der Waals surface area contributed by atoms with Gasteiger partial charge in [-0.1, -0.05) is 26.3 Å². The molecule has 0 spiro atoms. The smallest absolute Gasteiger partial charge is 0.106 e. The highest BCUT2D eigenvalue weighted by Gasteiger charge is 2.13. The third-order valence-electron chi connectivity index (χ3n) is 2.34. The van der Waals surface area contributed by atoms with E-state index in [1.54, 1.807) is 0 Å². The molecule has 0 amide bonds. The number of hydrogen-bond donors (Lipinski definition) is 1. The van der Waals surface area contributed by atoms with Gasteiger partial charge in [-0.3, -0.25) is 0 Å². The summed E-state index contributed by atoms with van der Waals surface area (Å²) in [4.78, 5) is 4.33. The van der Waals surface area contributed by atoms with Crippen LogP contribution in [0.15, 0.2) is 22.8 Å². The van der Waals surface area contributed by atoms with Gasteiger partial charge >= 0.3 is 0 Å². The molecule has 0 aliphatic heterocycles. The van der Waals surface area contributed by atoms with E-state index in [2.05, 4.69) is 34.8 Å². The van der Waals surface area contributed by atoms with E-state index in [1.165, 1.54) is 0 Å². The van der Waals surface area contributed by atoms with Gasteiger partial charge in [0.15, 0.2) is 0 Å². The van der Waals surface area contributed by atoms with Crippen molar-refractivity contribution in [3.05, 3.63) is 28.5 Å². The maximum absolute atomic E-state index is 6.03. The third-order valence-corrected chi connectivity index (χ3v) is 2.78. The molecular weight excluding hydrogens is 263 g/mol. The number of nitrogens with zero attached hydrogens (tertiary/aromatic N) is 1. The molecule has 0 radical (unpaired) electrons. The van der Waals surface area contributed by atoms with Crippen molar-refractivity contribution in [1.82, 2.24) is 4.98 Å². The van der Waals surface area contributed by atoms with Gasteiger partial charge in [0.1, 0.15) is 4.60 Å². The molecule has 0 aliphatic rings. The van der Waals surface area contributed by atoms with E-state index in [0.717, 1.165) is 16.7 Å². The van der Waals surface area contributed by atoms with Crippen LogP contribution in [0.1, 0.15) is 32.0 Å². The molecule has 80 valence electrons. The third kappa shape index (κ3) is 3.56. The lowest BCUT2D eigenvalue weighted by Gasteiger charge is -2.17. The first-order valence-electron chi connectivity index (χ1n) is 4.53. The zero-order valence-corrected chi connectivity index (χ0v) is 10.8. The molecule has 0 saturated carbocycles. The Morgan fingerprint density at radius 2 is 2.14 bits per heavy atom. The molecule has 1 aromatic heterocycles. The molecule has 4 heteroatoms. The SMILES string of the molecule is CCC(C)[C@@H](N)c1cccc(Br)n1.Cl. The quantitative estimate of drug-likeness (QED) is 0.862. The Morgan fingerprint density at radius 3 is 2.64 bits per heavy atom. The minimum atomic E-state index is 0. The molecule has 0 aliphatic carbocycles. The monoisotopic (exact) mass is 278 g/mol. The Hall–Kier alpha value is -0.120. The van der Waals surface area contributed by atoms with Crippen LogP contribution in [-0.4, -0.2) is 4.98 Å². The molecule has 0 aromatic carbocycles. The van der Waals surface area contributed by atoms with Crippen molar-refractivity contribution in [1.29, 1.82) is 0 Å². The van der Waals surface area contributed by atoms with Crippen molar-refractivity contribution in [2.24, 2.45) is 11.7 Å². The van der Waals surface area contributed by atoms with Crippen molar-refractivity contribution in [3.63, 3.8) is 0 Å². The summed E-state index contributed by atoms with van der Waals surface area (Å²) in [6, 6.07) is 5.89. The average molecular weight is 280 g/mol. The zero-order valence-electron chi connectivity index (χ0n) is 8.40. The number of rotatable bonds is 3. The molecule has 2 N–H and O–H groups in total. The summed E-state index contributed by atoms with van der Waals surface area (Å²) >= 11 is 3.33. The van der Waals surface area contributed by atoms with E-state index in [1.807, 2.05) is 18.2 Å². The Morgan fingerprint density at radius 1 is 1.50 bits per heavy atom. The van der Waals surface area contributed by atoms with Crippen LogP contribution in [0.4, 0.5) is 0 Å². The summed E-state index contributed by atoms with van der Waals surface area (Å²) in [7, 11) is 0. The molecule has 0 fully saturated rings. The van der Waals surface area contributed by atoms with Gasteiger partial charge in [-0.05, 0) is 34.0 Å². The van der Waals surface area contributed by atoms with Crippen LogP contribution in [0.5, 0.6) is 0 Å². The lowest BCUT2D eigenvalue weighted by Crippen LogP contribution is -2.19. The largest absolute Gasteiger partial charge is 0.322 e. The Kier molecular flexibility index (Phi) is 6.33. The molecule has 2 atom stereocenters. The highest BCUT2D eigenvalue weighted by Crippen LogP contribution is 2.21. The van der Waals surface area contributed by atoms with Crippen LogP contribution in [0.25, 0.3) is 0 Å². The first-order chi connectivity index (χ1) is 6.15. The molecular formula is C10H16BrClN2. The highest BCUT2D eigenvalue weighted by molar-refractivity contribution is 9.10. The fraction of sp³-hybridized carbons (Fsp3) is 0.500. The average Bonchev–Trinajstić information content (AvgIpc) is 2.15. The van der Waals surface area contributed by atoms with Gasteiger partial charge in [0.25, 0.3) is 0 Å². The fourth-order valence-corrected chi connectivity index (χ4v) is 1.51. The van der Waals surface area contributed by atoms with Gasteiger partial charge in [0.2, 0.25) is 0 Å². The summed E-state index contributed by atoms with van der Waals surface area (Å²) < 4.78 is 0.851. The van der Waals surface area contributed by atoms with Crippen LogP contribution in [0.2, 0.25) is 0 Å². The van der Waals surface area contributed by atoms with Crippen molar-refractivity contribution in [2.45, 2.75) is 26.3 Å². The molecule has 1 aromatic rings. The normalized spacial score (nSPS) is 14.3. The highest BCUT2D eigenvalue weighted by atomic mass is 79.9. The van der Waals surface area contributed by atoms with Crippen molar-refractivity contribution in [2.75, 3.05) is 0 Å². The summed E-state index contributed by atoms with van der Waals surface area (Å²) in [5, 5.41) is 0. The number of aromatic nitrogens is 1. The second kappa shape index (κ2) is 6.38. The predicted octanol–water partition coefficient (Wildman–Crippen LogP) is 3.31. The van der Waals surface area contributed by atoms with Crippen LogP contribution in [-0.2, 0) is 0 Å². The lowest BCUT2D eigenvalue weighted by molar-refractivity contribution is 0.448. The summed E-state index contributed by atoms with van der Waals surface area (Å²) in [6.07, 6.45) is 1.08. The first-order valence-corrected chi connectivity index (χ1v) is 5.32. The Bertz CT molecular complexity index is 281. The maximum atomic E-state index is 6.03. The van der Waals surface area contributed by atoms with Gasteiger partial charge < -0.3 is 5.73 Å². The standard InChI is InChI=1S/C10H15BrN2.ClH/c1-3-7(2)10(12)8-5-4-6-9(11)13-8;/h4-7,10H,3,12H2,1-2H3;1H/t7?,10-;/m1./s1. The van der Waals surface area contributed by atoms with E-state index in [0.29, 0.717) is 5.92 Å². The van der Waals surface area contributed by atoms with E-state index in [4.69, 9.17) is 5.73 Å². The van der Waals surface area contributed by atoms with Crippen molar-refractivity contribution in [3.8, 4) is 0 Å². The van der Waals surface area contributed by atoms with E-state index in [9.17, 15) is 0 Å². The molecule has 14 heavy (non-hydrogen) atoms. The molecule has 1 heterocycles. The predicted molar refractivity (Wildman–Crippen MR) is 65.6 cm³/mol. The minimum Gasteiger partial charge on any atom is -0.322 e. The second-order valence-electron chi connectivity index (χ2n) is 3.30. The lowest BCUT2D eigenvalue weighted by atomic mass is 9.97. The van der Waals surface area contributed by atoms with Crippen molar-refractivity contribution < 1.29 is 0 Å². The minimum absolute atomic E-state index is 0. The summed E-state index contributed by atoms with van der Waals surface area (Å²) in [6.45, 7) is 4.29. The fourth-order valence-electron chi connectivity index (χ4n) is 1.16. The van der Waals surface area contributed by atoms with Gasteiger partial charge in [0, 0.05) is 6.04 Å². The maximum Gasteiger partial charge on any atom is 0.106 e. The van der Waals surface area contributed by atoms with E-state index < -0.39 is 0 Å². The molecule has 2 nitrogen and oxygen atoms in total. The number of nitrogens with two attached hydrogens (primary N) is 1. The van der Waals surface area contributed by atoms with E-state index >= 15 is 0 Å². The molecule has 0 saturated heterocycles. The van der Waals surface area contributed by atoms with Gasteiger partial charge in [-0.15, -0.1) is 12.4 Å². The number of pyridine rings is 1. The summed E-state index contributed by atoms with van der Waals surface area (Å²) in [5.74, 6) is 0.474. The van der Waals surface area contributed by atoms with Gasteiger partial charge in [0.05, 0.1) is 5.69 Å².